The third-order valence-corrected chi connectivity index (χ3v) is 4.69. The summed E-state index contributed by atoms with van der Waals surface area (Å²) < 4.78 is 0. The molecule has 26 heavy (non-hydrogen) atoms. The van der Waals surface area contributed by atoms with Crippen LogP contribution in [0.15, 0.2) is 54.6 Å². The summed E-state index contributed by atoms with van der Waals surface area (Å²) >= 11 is 6.03. The zero-order valence-electron chi connectivity index (χ0n) is 15.7. The predicted octanol–water partition coefficient (Wildman–Crippen LogP) is 4.41. The zero-order valence-corrected chi connectivity index (χ0v) is 16.5. The molecule has 0 aliphatic rings. The van der Waals surface area contributed by atoms with Crippen molar-refractivity contribution in [1.29, 1.82) is 0 Å². The molecule has 0 aromatic heterocycles. The van der Waals surface area contributed by atoms with Crippen molar-refractivity contribution in [2.75, 3.05) is 11.9 Å². The molecule has 0 saturated heterocycles. The van der Waals surface area contributed by atoms with E-state index in [-0.39, 0.29) is 18.6 Å². The molecule has 0 bridgehead atoms. The van der Waals surface area contributed by atoms with Crippen LogP contribution in [0.1, 0.15) is 39.3 Å². The van der Waals surface area contributed by atoms with Crippen molar-refractivity contribution in [2.45, 2.75) is 39.3 Å². The molecule has 0 fully saturated rings. The van der Waals surface area contributed by atoms with Crippen molar-refractivity contribution in [2.24, 2.45) is 5.41 Å². The van der Waals surface area contributed by atoms with E-state index in [1.807, 2.05) is 68.4 Å². The molecule has 4 nitrogen and oxygen atoms in total. The summed E-state index contributed by atoms with van der Waals surface area (Å²) in [6, 6.07) is 17.0. The normalized spacial score (nSPS) is 13.2. The SMILES string of the molecule is CC(C)(CO)NC(=O)C(C)(C)C(Nc1ccccc1)c1ccc(Cl)cc1. The van der Waals surface area contributed by atoms with Gasteiger partial charge in [-0.1, -0.05) is 41.9 Å². The van der Waals surface area contributed by atoms with E-state index in [4.69, 9.17) is 11.6 Å². The van der Waals surface area contributed by atoms with Crippen molar-refractivity contribution < 1.29 is 9.90 Å². The summed E-state index contributed by atoms with van der Waals surface area (Å²) in [5, 5.41) is 16.5. The van der Waals surface area contributed by atoms with Crippen LogP contribution >= 0.6 is 11.6 Å². The van der Waals surface area contributed by atoms with Crippen LogP contribution in [-0.2, 0) is 4.79 Å². The highest BCUT2D eigenvalue weighted by Crippen LogP contribution is 2.37. The van der Waals surface area contributed by atoms with E-state index >= 15 is 0 Å². The number of benzene rings is 2. The lowest BCUT2D eigenvalue weighted by Crippen LogP contribution is -2.53. The first kappa shape index (κ1) is 20.3. The third-order valence-electron chi connectivity index (χ3n) is 4.44. The summed E-state index contributed by atoms with van der Waals surface area (Å²) in [7, 11) is 0. The number of nitrogens with one attached hydrogen (secondary N) is 2. The minimum Gasteiger partial charge on any atom is -0.394 e. The molecule has 0 radical (unpaired) electrons. The zero-order chi connectivity index (χ0) is 19.4. The van der Waals surface area contributed by atoms with Gasteiger partial charge in [0.15, 0.2) is 0 Å². The number of anilines is 1. The van der Waals surface area contributed by atoms with Crippen molar-refractivity contribution in [3.05, 3.63) is 65.2 Å². The molecule has 2 aromatic carbocycles. The minimum absolute atomic E-state index is 0.132. The molecule has 0 heterocycles. The lowest BCUT2D eigenvalue weighted by Gasteiger charge is -2.37. The van der Waals surface area contributed by atoms with Crippen LogP contribution in [0, 0.1) is 5.41 Å². The fraction of sp³-hybridized carbons (Fsp3) is 0.381. The van der Waals surface area contributed by atoms with Crippen molar-refractivity contribution in [3.8, 4) is 0 Å². The molecule has 1 unspecified atom stereocenters. The van der Waals surface area contributed by atoms with Gasteiger partial charge in [-0.3, -0.25) is 4.79 Å². The van der Waals surface area contributed by atoms with Crippen LogP contribution in [0.5, 0.6) is 0 Å². The highest BCUT2D eigenvalue weighted by Gasteiger charge is 2.39. The van der Waals surface area contributed by atoms with Gasteiger partial charge in [-0.2, -0.15) is 0 Å². The number of hydrogen-bond acceptors (Lipinski definition) is 3. The lowest BCUT2D eigenvalue weighted by atomic mass is 9.78. The largest absolute Gasteiger partial charge is 0.394 e. The maximum Gasteiger partial charge on any atom is 0.228 e. The quantitative estimate of drug-likeness (QED) is 0.672. The summed E-state index contributed by atoms with van der Waals surface area (Å²) in [4.78, 5) is 13.0. The van der Waals surface area contributed by atoms with Crippen molar-refractivity contribution in [3.63, 3.8) is 0 Å². The number of rotatable bonds is 7. The lowest BCUT2D eigenvalue weighted by molar-refractivity contribution is -0.132. The van der Waals surface area contributed by atoms with E-state index in [1.165, 1.54) is 0 Å². The maximum absolute atomic E-state index is 13.0. The van der Waals surface area contributed by atoms with Gasteiger partial charge in [0.2, 0.25) is 5.91 Å². The Hall–Kier alpha value is -2.04. The molecule has 0 saturated carbocycles. The molecular formula is C21H27ClN2O2. The molecule has 1 atom stereocenters. The number of hydrogen-bond donors (Lipinski definition) is 3. The summed E-state index contributed by atoms with van der Waals surface area (Å²) in [6.45, 7) is 7.24. The van der Waals surface area contributed by atoms with Crippen LogP contribution in [0.25, 0.3) is 0 Å². The van der Waals surface area contributed by atoms with Gasteiger partial charge >= 0.3 is 0 Å². The topological polar surface area (TPSA) is 61.4 Å². The van der Waals surface area contributed by atoms with Gasteiger partial charge in [0.25, 0.3) is 0 Å². The monoisotopic (exact) mass is 374 g/mol. The summed E-state index contributed by atoms with van der Waals surface area (Å²) in [5.41, 5.74) is 0.414. The Bertz CT molecular complexity index is 727. The first-order chi connectivity index (χ1) is 12.2. The Morgan fingerprint density at radius 2 is 1.62 bits per heavy atom. The average molecular weight is 375 g/mol. The van der Waals surface area contributed by atoms with E-state index in [0.29, 0.717) is 5.02 Å². The number of carbonyl (C=O) groups is 1. The first-order valence-electron chi connectivity index (χ1n) is 8.66. The average Bonchev–Trinajstić information content (AvgIpc) is 2.61. The van der Waals surface area contributed by atoms with E-state index < -0.39 is 11.0 Å². The van der Waals surface area contributed by atoms with Gasteiger partial charge in [0, 0.05) is 10.7 Å². The van der Waals surface area contributed by atoms with Gasteiger partial charge < -0.3 is 15.7 Å². The number of halogens is 1. The second kappa shape index (κ2) is 8.11. The second-order valence-electron chi connectivity index (χ2n) is 7.71. The summed E-state index contributed by atoms with van der Waals surface area (Å²) in [6.07, 6.45) is 0. The maximum atomic E-state index is 13.0. The van der Waals surface area contributed by atoms with Gasteiger partial charge in [-0.05, 0) is 57.5 Å². The Morgan fingerprint density at radius 3 is 2.15 bits per heavy atom. The van der Waals surface area contributed by atoms with Gasteiger partial charge in [0.05, 0.1) is 23.6 Å². The standard InChI is InChI=1S/C21H27ClN2O2/c1-20(2,14-25)24-19(26)21(3,4)18(15-10-12-16(22)13-11-15)23-17-8-6-5-7-9-17/h5-13,18,23,25H,14H2,1-4H3,(H,24,26). The second-order valence-corrected chi connectivity index (χ2v) is 8.15. The molecule has 2 rings (SSSR count). The molecular weight excluding hydrogens is 348 g/mol. The van der Waals surface area contributed by atoms with Crippen LogP contribution in [0.3, 0.4) is 0 Å². The van der Waals surface area contributed by atoms with Crippen LogP contribution < -0.4 is 10.6 Å². The predicted molar refractivity (Wildman–Crippen MR) is 107 cm³/mol. The van der Waals surface area contributed by atoms with Gasteiger partial charge in [-0.25, -0.2) is 0 Å². The molecule has 140 valence electrons. The van der Waals surface area contributed by atoms with Crippen LogP contribution in [0.2, 0.25) is 5.02 Å². The van der Waals surface area contributed by atoms with E-state index in [1.54, 1.807) is 13.8 Å². The van der Waals surface area contributed by atoms with Gasteiger partial charge in [0.1, 0.15) is 0 Å². The van der Waals surface area contributed by atoms with Crippen molar-refractivity contribution in [1.82, 2.24) is 5.32 Å². The van der Waals surface area contributed by atoms with Crippen LogP contribution in [0.4, 0.5) is 5.69 Å². The Morgan fingerprint density at radius 1 is 1.04 bits per heavy atom. The fourth-order valence-electron chi connectivity index (χ4n) is 2.68. The molecule has 1 amide bonds. The molecule has 0 aliphatic heterocycles. The van der Waals surface area contributed by atoms with E-state index in [0.717, 1.165) is 11.3 Å². The summed E-state index contributed by atoms with van der Waals surface area (Å²) in [5.74, 6) is -0.139. The molecule has 0 spiro atoms. The minimum atomic E-state index is -0.782. The number of carbonyl (C=O) groups excluding carboxylic acids is 1. The Balaban J connectivity index is 2.38. The van der Waals surface area contributed by atoms with Crippen molar-refractivity contribution >= 4 is 23.2 Å². The smallest absolute Gasteiger partial charge is 0.228 e. The fourth-order valence-corrected chi connectivity index (χ4v) is 2.80. The Labute approximate surface area is 160 Å². The van der Waals surface area contributed by atoms with Gasteiger partial charge in [-0.15, -0.1) is 0 Å². The van der Waals surface area contributed by atoms with E-state index in [9.17, 15) is 9.90 Å². The molecule has 5 heteroatoms. The highest BCUT2D eigenvalue weighted by molar-refractivity contribution is 6.30. The molecule has 2 aromatic rings. The number of amides is 1. The van der Waals surface area contributed by atoms with Crippen LogP contribution in [-0.4, -0.2) is 23.2 Å². The number of aliphatic hydroxyl groups excluding tert-OH is 1. The molecule has 3 N–H and O–H groups in total. The molecule has 0 aliphatic carbocycles. The highest BCUT2D eigenvalue weighted by atomic mass is 35.5. The van der Waals surface area contributed by atoms with E-state index in [2.05, 4.69) is 10.6 Å². The third kappa shape index (κ3) is 4.99. The first-order valence-corrected chi connectivity index (χ1v) is 9.04. The number of para-hydroxylation sites is 1. The Kier molecular flexibility index (Phi) is 6.32. The number of aliphatic hydroxyl groups is 1.